The number of rotatable bonds is 4. The number of hydrogen-bond donors (Lipinski definition) is 2. The number of hydrogen-bond acceptors (Lipinski definition) is 6. The second kappa shape index (κ2) is 6.49. The van der Waals surface area contributed by atoms with Crippen molar-refractivity contribution >= 4 is 5.69 Å². The highest BCUT2D eigenvalue weighted by Gasteiger charge is 2.04. The maximum Gasteiger partial charge on any atom is 0.164 e. The summed E-state index contributed by atoms with van der Waals surface area (Å²) in [5.74, 6) is 2.48. The smallest absolute Gasteiger partial charge is 0.164 e. The zero-order valence-electron chi connectivity index (χ0n) is 12.3. The molecule has 23 heavy (non-hydrogen) atoms. The molecular formula is C16H14N4O3. The van der Waals surface area contributed by atoms with E-state index in [1.165, 1.54) is 18.5 Å². The Kier molecular flexibility index (Phi) is 4.24. The zero-order valence-corrected chi connectivity index (χ0v) is 12.3. The summed E-state index contributed by atoms with van der Waals surface area (Å²) >= 11 is 0. The fraction of sp³-hybridized carbons (Fsp3) is 0.0625. The van der Waals surface area contributed by atoms with Crippen molar-refractivity contribution in [2.45, 2.75) is 6.92 Å². The van der Waals surface area contributed by atoms with E-state index in [4.69, 9.17) is 9.94 Å². The van der Waals surface area contributed by atoms with Gasteiger partial charge in [-0.05, 0) is 43.3 Å². The predicted molar refractivity (Wildman–Crippen MR) is 82.3 cm³/mol. The van der Waals surface area contributed by atoms with E-state index in [9.17, 15) is 5.21 Å². The first kappa shape index (κ1) is 15.0. The van der Waals surface area contributed by atoms with Gasteiger partial charge in [0.05, 0.1) is 0 Å². The van der Waals surface area contributed by atoms with Crippen LogP contribution in [0.25, 0.3) is 11.4 Å². The Bertz CT molecular complexity index is 789. The van der Waals surface area contributed by atoms with Gasteiger partial charge < -0.3 is 9.94 Å². The van der Waals surface area contributed by atoms with Crippen molar-refractivity contribution in [1.82, 2.24) is 15.0 Å². The molecule has 3 rings (SSSR count). The molecule has 0 saturated heterocycles. The van der Waals surface area contributed by atoms with Crippen LogP contribution in [0.5, 0.6) is 11.5 Å². The number of benzene rings is 2. The van der Waals surface area contributed by atoms with Crippen LogP contribution in [0, 0.1) is 12.1 Å². The molecule has 1 unspecified atom stereocenters. The number of quaternary nitrogens is 1. The van der Waals surface area contributed by atoms with E-state index in [0.717, 1.165) is 5.56 Å². The summed E-state index contributed by atoms with van der Waals surface area (Å²) in [5, 5.41) is 18.7. The molecule has 116 valence electrons. The largest absolute Gasteiger partial charge is 0.595 e. The third kappa shape index (κ3) is 3.67. The molecular weight excluding hydrogens is 296 g/mol. The Labute approximate surface area is 132 Å². The molecule has 0 radical (unpaired) electrons. The Morgan fingerprint density at radius 1 is 0.957 bits per heavy atom. The molecule has 1 atom stereocenters. The van der Waals surface area contributed by atoms with Crippen molar-refractivity contribution in [3.8, 4) is 22.9 Å². The maximum atomic E-state index is 10.8. The molecule has 0 amide bonds. The SMILES string of the molecule is Cc1ncnc(-c2ccc(Oc3ccc([NH+]([O-])O)cc3)cc2)n1. The summed E-state index contributed by atoms with van der Waals surface area (Å²) in [6.07, 6.45) is 1.48. The fourth-order valence-corrected chi connectivity index (χ4v) is 1.99. The minimum atomic E-state index is -0.964. The van der Waals surface area contributed by atoms with Crippen LogP contribution in [0.1, 0.15) is 5.82 Å². The number of nitrogens with zero attached hydrogens (tertiary/aromatic N) is 3. The minimum absolute atomic E-state index is 0.220. The standard InChI is InChI=1S/C16H14N4O3/c1-11-17-10-18-16(19-11)12-2-6-14(7-3-12)23-15-8-4-13(5-9-15)20(21)22/h2-10,20-21H,1H3. The van der Waals surface area contributed by atoms with Crippen molar-refractivity contribution in [3.63, 3.8) is 0 Å². The molecule has 0 spiro atoms. The summed E-state index contributed by atoms with van der Waals surface area (Å²) < 4.78 is 5.68. The Hall–Kier alpha value is -2.87. The molecule has 0 aliphatic heterocycles. The third-order valence-corrected chi connectivity index (χ3v) is 3.14. The number of nitrogens with one attached hydrogen (secondary N) is 1. The van der Waals surface area contributed by atoms with Gasteiger partial charge in [0.1, 0.15) is 23.7 Å². The number of aryl methyl sites for hydroxylation is 1. The number of ether oxygens (including phenoxy) is 1. The van der Waals surface area contributed by atoms with Crippen LogP contribution in [0.4, 0.5) is 5.69 Å². The second-order valence-electron chi connectivity index (χ2n) is 4.81. The van der Waals surface area contributed by atoms with Gasteiger partial charge in [0.15, 0.2) is 11.5 Å². The summed E-state index contributed by atoms with van der Waals surface area (Å²) in [4.78, 5) is 12.4. The van der Waals surface area contributed by atoms with Gasteiger partial charge in [0, 0.05) is 17.7 Å². The van der Waals surface area contributed by atoms with Gasteiger partial charge >= 0.3 is 0 Å². The molecule has 1 aromatic heterocycles. The molecule has 0 fully saturated rings. The first-order valence-corrected chi connectivity index (χ1v) is 6.89. The van der Waals surface area contributed by atoms with E-state index in [1.807, 2.05) is 19.1 Å². The monoisotopic (exact) mass is 310 g/mol. The minimum Gasteiger partial charge on any atom is -0.595 e. The fourth-order valence-electron chi connectivity index (χ4n) is 1.99. The van der Waals surface area contributed by atoms with Gasteiger partial charge in [-0.2, -0.15) is 5.23 Å². The van der Waals surface area contributed by atoms with E-state index in [1.54, 1.807) is 24.3 Å². The van der Waals surface area contributed by atoms with E-state index < -0.39 is 5.23 Å². The lowest BCUT2D eigenvalue weighted by molar-refractivity contribution is -0.991. The Balaban J connectivity index is 1.74. The van der Waals surface area contributed by atoms with Gasteiger partial charge in [-0.15, -0.1) is 0 Å². The molecule has 3 aromatic rings. The van der Waals surface area contributed by atoms with E-state index in [-0.39, 0.29) is 5.69 Å². The van der Waals surface area contributed by atoms with Crippen molar-refractivity contribution < 1.29 is 15.2 Å². The normalized spacial score (nSPS) is 12.0. The van der Waals surface area contributed by atoms with Gasteiger partial charge in [-0.3, -0.25) is 0 Å². The van der Waals surface area contributed by atoms with Crippen molar-refractivity contribution in [1.29, 1.82) is 0 Å². The van der Waals surface area contributed by atoms with Gasteiger partial charge in [-0.25, -0.2) is 20.2 Å². The van der Waals surface area contributed by atoms with Crippen LogP contribution in [0.3, 0.4) is 0 Å². The summed E-state index contributed by atoms with van der Waals surface area (Å²) in [5.41, 5.74) is 1.09. The quantitative estimate of drug-likeness (QED) is 0.716. The lowest BCUT2D eigenvalue weighted by Gasteiger charge is -2.12. The van der Waals surface area contributed by atoms with Gasteiger partial charge in [0.2, 0.25) is 0 Å². The predicted octanol–water partition coefficient (Wildman–Crippen LogP) is 2.04. The van der Waals surface area contributed by atoms with Crippen molar-refractivity contribution in [2.24, 2.45) is 0 Å². The molecule has 2 aromatic carbocycles. The van der Waals surface area contributed by atoms with Crippen molar-refractivity contribution in [3.05, 3.63) is 65.9 Å². The lowest BCUT2D eigenvalue weighted by Crippen LogP contribution is -2.99. The van der Waals surface area contributed by atoms with Crippen LogP contribution in [0.2, 0.25) is 0 Å². The topological polar surface area (TPSA) is 95.6 Å². The van der Waals surface area contributed by atoms with E-state index >= 15 is 0 Å². The molecule has 2 N–H and O–H groups in total. The van der Waals surface area contributed by atoms with Crippen LogP contribution >= 0.6 is 0 Å². The maximum absolute atomic E-state index is 10.8. The third-order valence-electron chi connectivity index (χ3n) is 3.14. The molecule has 0 saturated carbocycles. The Morgan fingerprint density at radius 2 is 1.57 bits per heavy atom. The van der Waals surface area contributed by atoms with Gasteiger partial charge in [0.25, 0.3) is 0 Å². The summed E-state index contributed by atoms with van der Waals surface area (Å²) in [7, 11) is 0. The zero-order chi connectivity index (χ0) is 16.2. The van der Waals surface area contributed by atoms with Crippen molar-refractivity contribution in [2.75, 3.05) is 0 Å². The highest BCUT2D eigenvalue weighted by atomic mass is 16.8. The average molecular weight is 310 g/mol. The second-order valence-corrected chi connectivity index (χ2v) is 4.81. The highest BCUT2D eigenvalue weighted by molar-refractivity contribution is 5.56. The molecule has 0 aliphatic rings. The molecule has 1 heterocycles. The average Bonchev–Trinajstić information content (AvgIpc) is 2.56. The van der Waals surface area contributed by atoms with Gasteiger partial charge in [-0.1, -0.05) is 0 Å². The van der Waals surface area contributed by atoms with Crippen LogP contribution < -0.4 is 9.96 Å². The summed E-state index contributed by atoms with van der Waals surface area (Å²) in [6.45, 7) is 1.81. The first-order chi connectivity index (χ1) is 11.1. The summed E-state index contributed by atoms with van der Waals surface area (Å²) in [6, 6.07) is 13.6. The highest BCUT2D eigenvalue weighted by Crippen LogP contribution is 2.24. The Morgan fingerprint density at radius 3 is 2.13 bits per heavy atom. The molecule has 7 nitrogen and oxygen atoms in total. The van der Waals surface area contributed by atoms with E-state index in [0.29, 0.717) is 23.1 Å². The molecule has 0 aliphatic carbocycles. The molecule has 0 bridgehead atoms. The van der Waals surface area contributed by atoms with Crippen LogP contribution in [-0.4, -0.2) is 20.2 Å². The van der Waals surface area contributed by atoms with Crippen LogP contribution in [-0.2, 0) is 0 Å². The van der Waals surface area contributed by atoms with E-state index in [2.05, 4.69) is 15.0 Å². The first-order valence-electron chi connectivity index (χ1n) is 6.89. The molecule has 7 heteroatoms. The lowest BCUT2D eigenvalue weighted by atomic mass is 10.2. The number of aromatic nitrogens is 3. The van der Waals surface area contributed by atoms with Crippen LogP contribution in [0.15, 0.2) is 54.9 Å².